The second-order valence-electron chi connectivity index (χ2n) is 19.8. The first-order valence-corrected chi connectivity index (χ1v) is 32.0. The fourth-order valence-corrected chi connectivity index (χ4v) is 22.7. The summed E-state index contributed by atoms with van der Waals surface area (Å²) in [6.45, 7) is 24.7. The maximum absolute atomic E-state index is 2.69. The van der Waals surface area contributed by atoms with Gasteiger partial charge in [0.15, 0.2) is 0 Å². The Balaban J connectivity index is 0.000000191. The molecule has 0 saturated heterocycles. The normalized spacial score (nSPS) is 37.5. The van der Waals surface area contributed by atoms with Crippen LogP contribution in [-0.4, -0.2) is 0 Å². The van der Waals surface area contributed by atoms with Crippen LogP contribution in [0.5, 0.6) is 0 Å². The van der Waals surface area contributed by atoms with Gasteiger partial charge in [-0.3, -0.25) is 0 Å². The van der Waals surface area contributed by atoms with Crippen molar-refractivity contribution in [1.29, 1.82) is 0 Å². The zero-order valence-corrected chi connectivity index (χ0v) is 41.2. The Labute approximate surface area is 327 Å². The maximum atomic E-state index is 2.69. The summed E-state index contributed by atoms with van der Waals surface area (Å²) in [6, 6.07) is 0. The number of allylic oxidation sites excluding steroid dienone is 12. The van der Waals surface area contributed by atoms with Crippen molar-refractivity contribution in [1.82, 2.24) is 0 Å². The molecule has 0 heterocycles. The second kappa shape index (κ2) is 15.5. The summed E-state index contributed by atoms with van der Waals surface area (Å²) >= 11 is 0.0453. The monoisotopic (exact) mass is 998 g/mol. The van der Waals surface area contributed by atoms with Crippen LogP contribution in [0.15, 0.2) is 71.4 Å². The molecule has 0 aliphatic heterocycles. The van der Waals surface area contributed by atoms with E-state index >= 15 is 0 Å². The van der Waals surface area contributed by atoms with Gasteiger partial charge in [-0.2, -0.15) is 0 Å². The van der Waals surface area contributed by atoms with Crippen molar-refractivity contribution in [3.05, 3.63) is 71.4 Å². The summed E-state index contributed by atoms with van der Waals surface area (Å²) in [6.07, 6.45) is 37.7. The molecule has 6 rings (SSSR count). The van der Waals surface area contributed by atoms with E-state index in [1.165, 1.54) is 95.0 Å². The molecule has 0 spiro atoms. The fourth-order valence-electron chi connectivity index (χ4n) is 12.2. The van der Waals surface area contributed by atoms with Crippen molar-refractivity contribution in [3.63, 3.8) is 0 Å². The first kappa shape index (κ1) is 40.4. The van der Waals surface area contributed by atoms with Crippen LogP contribution in [0.3, 0.4) is 0 Å². The van der Waals surface area contributed by atoms with Gasteiger partial charge in [0.25, 0.3) is 0 Å². The summed E-state index contributed by atoms with van der Waals surface area (Å²) < 4.78 is 7.43. The van der Waals surface area contributed by atoms with E-state index in [1.54, 1.807) is 16.7 Å². The quantitative estimate of drug-likeness (QED) is 0.160. The van der Waals surface area contributed by atoms with E-state index in [-0.39, 0.29) is 5.41 Å². The van der Waals surface area contributed by atoms with Crippen LogP contribution in [0.25, 0.3) is 0 Å². The molecule has 9 unspecified atom stereocenters. The van der Waals surface area contributed by atoms with Crippen LogP contribution in [0.2, 0.25) is 16.7 Å². The number of hydrogen-bond donors (Lipinski definition) is 0. The van der Waals surface area contributed by atoms with Gasteiger partial charge in [0.2, 0.25) is 0 Å². The molecule has 0 amide bonds. The summed E-state index contributed by atoms with van der Waals surface area (Å²) in [5.41, 5.74) is 6.82. The Morgan fingerprint density at radius 3 is 2.22 bits per heavy atom. The van der Waals surface area contributed by atoms with Crippen LogP contribution in [0.1, 0.15) is 140 Å². The molecule has 6 aliphatic carbocycles. The van der Waals surface area contributed by atoms with Gasteiger partial charge in [-0.25, -0.2) is 0 Å². The summed E-state index contributed by atoms with van der Waals surface area (Å²) in [7, 11) is 0. The minimum absolute atomic E-state index is 0.280. The van der Waals surface area contributed by atoms with E-state index in [1.807, 2.05) is 0 Å². The van der Waals surface area contributed by atoms with Crippen LogP contribution in [0, 0.1) is 56.7 Å². The average Bonchev–Trinajstić information content (AvgIpc) is 3.87. The van der Waals surface area contributed by atoms with Gasteiger partial charge in [0.05, 0.1) is 0 Å². The van der Waals surface area contributed by atoms with E-state index in [0.717, 1.165) is 36.9 Å². The molecule has 0 aromatic rings. The molecule has 0 N–H and O–H groups in total. The number of fused-ring (bicyclic) bond motifs is 2. The van der Waals surface area contributed by atoms with Crippen LogP contribution in [-0.2, 0) is 45.8 Å². The molecule has 2 saturated carbocycles. The third-order valence-corrected chi connectivity index (χ3v) is 25.6. The van der Waals surface area contributed by atoms with Crippen molar-refractivity contribution in [2.45, 2.75) is 157 Å². The van der Waals surface area contributed by atoms with E-state index in [4.69, 9.17) is 0 Å². The molecule has 0 radical (unpaired) electrons. The first-order chi connectivity index (χ1) is 22.9. The van der Waals surface area contributed by atoms with Gasteiger partial charge in [0, 0.05) is 0 Å². The molecule has 9 atom stereocenters. The van der Waals surface area contributed by atoms with Crippen LogP contribution >= 0.6 is 0 Å². The number of hydrogen-bond acceptors (Lipinski definition) is 0. The van der Waals surface area contributed by atoms with Crippen molar-refractivity contribution in [2.24, 2.45) is 56.7 Å². The Morgan fingerprint density at radius 1 is 0.918 bits per heavy atom. The van der Waals surface area contributed by atoms with Crippen molar-refractivity contribution in [3.8, 4) is 0 Å². The van der Waals surface area contributed by atoms with Crippen LogP contribution < -0.4 is 0 Å². The van der Waals surface area contributed by atoms with Gasteiger partial charge in [-0.05, 0) is 0 Å². The van der Waals surface area contributed by atoms with Gasteiger partial charge < -0.3 is 0 Å². The standard InChI is InChI=1S/C24H37.C21H31.2CH3.2Hf/c1-5-24(6-2)18-16-21-14-9-15-22(21)23(24,4)17-10-11-19(3)20-12-7-8-13-20;1-19(2,3)15-10-11-16(14-15)21(6)13-12-20(4,5)17-8-7-9-18(17)21;;;;/h7-8,12,15-16,18-19,21-22H,5-6,9-11,13-14,17H2,1-4H3;8,10,12-14,17-18H,7,9,11H2,1-6H3;2*1H3;;. The van der Waals surface area contributed by atoms with E-state index in [9.17, 15) is 0 Å². The Bertz CT molecular complexity index is 1350. The average molecular weight is 996 g/mol. The molecule has 270 valence electrons. The predicted octanol–water partition coefficient (Wildman–Crippen LogP) is 14.8. The molecule has 0 aromatic carbocycles. The number of rotatable bonds is 9. The van der Waals surface area contributed by atoms with E-state index < -0.39 is 21.4 Å². The molecule has 0 bridgehead atoms. The first-order valence-electron chi connectivity index (χ1n) is 20.6. The van der Waals surface area contributed by atoms with E-state index in [0.29, 0.717) is 21.7 Å². The molecule has 0 aromatic heterocycles. The Hall–Kier alpha value is 0.180. The Morgan fingerprint density at radius 2 is 1.63 bits per heavy atom. The van der Waals surface area contributed by atoms with Crippen LogP contribution in [0.4, 0.5) is 0 Å². The minimum atomic E-state index is -1.34. The summed E-state index contributed by atoms with van der Waals surface area (Å²) in [4.78, 5) is 0. The van der Waals surface area contributed by atoms with E-state index in [2.05, 4.69) is 133 Å². The zero-order valence-electron chi connectivity index (χ0n) is 34.0. The van der Waals surface area contributed by atoms with Gasteiger partial charge in [0.1, 0.15) is 0 Å². The second-order valence-corrected chi connectivity index (χ2v) is 32.9. The summed E-state index contributed by atoms with van der Waals surface area (Å²) in [5, 5.41) is 0. The van der Waals surface area contributed by atoms with Gasteiger partial charge in [-0.15, -0.1) is 0 Å². The molecular formula is C47H74Hf2. The molecular weight excluding hydrogens is 921 g/mol. The SMILES string of the molecule is CCC1(CC)C=CC2CC[CH]([Hf])C2C1(C)CCCC(C)C1=CC=CC1.[CH3][Hf]([CH3])[CH]1CCC2C1C(C)(C)C=CC2(C)C1=CC(C(C)(C)C)=CC1. The van der Waals surface area contributed by atoms with Crippen molar-refractivity contribution >= 4 is 0 Å². The Kier molecular flexibility index (Phi) is 12.8. The van der Waals surface area contributed by atoms with Crippen molar-refractivity contribution in [2.75, 3.05) is 0 Å². The summed E-state index contributed by atoms with van der Waals surface area (Å²) in [5.74, 6) is 4.40. The molecule has 49 heavy (non-hydrogen) atoms. The molecule has 2 fully saturated rings. The van der Waals surface area contributed by atoms with Crippen molar-refractivity contribution < 1.29 is 45.8 Å². The third-order valence-electron chi connectivity index (χ3n) is 15.6. The van der Waals surface area contributed by atoms with Gasteiger partial charge >= 0.3 is 330 Å². The molecule has 0 nitrogen and oxygen atoms in total. The zero-order chi connectivity index (χ0) is 36.0. The fraction of sp³-hybridized carbons (Fsp3) is 0.745. The van der Waals surface area contributed by atoms with Gasteiger partial charge in [-0.1, -0.05) is 0 Å². The topological polar surface area (TPSA) is 0 Å². The predicted molar refractivity (Wildman–Crippen MR) is 208 cm³/mol. The third kappa shape index (κ3) is 7.75. The molecule has 2 heteroatoms. The molecule has 6 aliphatic rings.